The maximum absolute atomic E-state index is 12.3. The van der Waals surface area contributed by atoms with Crippen molar-refractivity contribution < 1.29 is 38.2 Å². The van der Waals surface area contributed by atoms with Crippen LogP contribution in [0.15, 0.2) is 17.5 Å². The van der Waals surface area contributed by atoms with Crippen LogP contribution in [0.3, 0.4) is 0 Å². The van der Waals surface area contributed by atoms with Gasteiger partial charge in [0.25, 0.3) is 5.91 Å². The summed E-state index contributed by atoms with van der Waals surface area (Å²) >= 11 is 0. The van der Waals surface area contributed by atoms with Gasteiger partial charge < -0.3 is 35.0 Å². The van der Waals surface area contributed by atoms with Gasteiger partial charge >= 0.3 is 0 Å². The molecule has 0 spiro atoms. The molecule has 0 unspecified atom stereocenters. The zero-order valence-corrected chi connectivity index (χ0v) is 25.3. The Morgan fingerprint density at radius 1 is 1.03 bits per heavy atom. The predicted octanol–water partition coefficient (Wildman–Crippen LogP) is 1.97. The van der Waals surface area contributed by atoms with E-state index in [0.29, 0.717) is 12.4 Å². The van der Waals surface area contributed by atoms with Crippen molar-refractivity contribution in [2.75, 3.05) is 41.1 Å². The summed E-state index contributed by atoms with van der Waals surface area (Å²) < 4.78 is 14.2. The Kier molecular flexibility index (Phi) is 23.2. The molecule has 12 nitrogen and oxygen atoms in total. The van der Waals surface area contributed by atoms with Crippen molar-refractivity contribution in [1.82, 2.24) is 16.0 Å². The number of hydrogen-bond acceptors (Lipinski definition) is 9. The van der Waals surface area contributed by atoms with Crippen LogP contribution in [0, 0.1) is 5.92 Å². The molecule has 1 aliphatic rings. The normalized spacial score (nSPS) is 16.9. The number of oxime groups is 1. The molecule has 3 amide bonds. The molecule has 1 saturated heterocycles. The summed E-state index contributed by atoms with van der Waals surface area (Å²) in [5.74, 6) is -0.957. The van der Waals surface area contributed by atoms with Gasteiger partial charge in [0.15, 0.2) is 5.78 Å². The first-order chi connectivity index (χ1) is 17.6. The van der Waals surface area contributed by atoms with E-state index in [0.717, 1.165) is 5.92 Å². The molecule has 0 aromatic carbocycles. The molecule has 0 radical (unpaired) electrons. The van der Waals surface area contributed by atoms with Crippen LogP contribution in [0.1, 0.15) is 62.3 Å². The first-order valence-electron chi connectivity index (χ1n) is 12.5. The van der Waals surface area contributed by atoms with Gasteiger partial charge in [-0.15, -0.1) is 0 Å². The van der Waals surface area contributed by atoms with Crippen molar-refractivity contribution in [1.29, 1.82) is 0 Å². The Bertz CT molecular complexity index is 762. The van der Waals surface area contributed by atoms with Crippen molar-refractivity contribution in [3.63, 3.8) is 0 Å². The van der Waals surface area contributed by atoms with E-state index in [9.17, 15) is 19.2 Å². The average Bonchev–Trinajstić information content (AvgIpc) is 3.59. The minimum atomic E-state index is -1.06. The molecular weight excluding hydrogens is 496 g/mol. The number of methoxy groups -OCH3 is 2. The molecule has 3 atom stereocenters. The Hall–Kier alpha value is -2.83. The van der Waals surface area contributed by atoms with Gasteiger partial charge in [0.1, 0.15) is 23.1 Å². The molecule has 0 aliphatic carbocycles. The average molecular weight is 547 g/mol. The van der Waals surface area contributed by atoms with Crippen LogP contribution < -0.4 is 16.0 Å². The zero-order valence-electron chi connectivity index (χ0n) is 25.3. The highest BCUT2D eigenvalue weighted by molar-refractivity contribution is 6.38. The van der Waals surface area contributed by atoms with Gasteiger partial charge in [0, 0.05) is 21.3 Å². The van der Waals surface area contributed by atoms with E-state index in [1.807, 2.05) is 13.8 Å². The molecule has 1 fully saturated rings. The van der Waals surface area contributed by atoms with Gasteiger partial charge in [-0.3, -0.25) is 19.2 Å². The maximum atomic E-state index is 12.3. The SMILES string of the molecule is C=C(C)O/N=C(\C)C(=O)N[C@@H](COC)C(=O)NCC(=O)N[C@@H](C)C(=O)[C@@]1(C)CO1.CC.CC(C)C.COC. The number of ketones is 1. The second-order valence-corrected chi connectivity index (χ2v) is 8.98. The van der Waals surface area contributed by atoms with Crippen LogP contribution in [0.25, 0.3) is 0 Å². The lowest BCUT2D eigenvalue weighted by molar-refractivity contribution is -0.131. The smallest absolute Gasteiger partial charge is 0.269 e. The van der Waals surface area contributed by atoms with E-state index < -0.39 is 35.4 Å². The van der Waals surface area contributed by atoms with Gasteiger partial charge in [0.2, 0.25) is 11.8 Å². The number of Topliss-reactive ketones (excluding diaryl/α,β-unsaturated/α-hetero) is 1. The van der Waals surface area contributed by atoms with Crippen LogP contribution >= 0.6 is 0 Å². The number of rotatable bonds is 12. The Morgan fingerprint density at radius 2 is 1.50 bits per heavy atom. The fourth-order valence-corrected chi connectivity index (χ4v) is 2.16. The summed E-state index contributed by atoms with van der Waals surface area (Å²) in [5.41, 5.74) is -0.875. The number of amides is 3. The van der Waals surface area contributed by atoms with Crippen molar-refractivity contribution in [3.8, 4) is 0 Å². The van der Waals surface area contributed by atoms with E-state index in [-0.39, 0.29) is 24.6 Å². The number of carbonyl (C=O) groups excluding carboxylic acids is 4. The number of allylic oxidation sites excluding steroid dienone is 1. The minimum Gasteiger partial charge on any atom is -0.388 e. The van der Waals surface area contributed by atoms with Crippen molar-refractivity contribution in [3.05, 3.63) is 12.3 Å². The highest BCUT2D eigenvalue weighted by atomic mass is 16.6. The summed E-state index contributed by atoms with van der Waals surface area (Å²) in [6, 6.07) is -1.82. The van der Waals surface area contributed by atoms with Crippen LogP contribution in [0.5, 0.6) is 0 Å². The third-order valence-corrected chi connectivity index (χ3v) is 3.91. The van der Waals surface area contributed by atoms with E-state index in [1.54, 1.807) is 28.1 Å². The highest BCUT2D eigenvalue weighted by Crippen LogP contribution is 2.28. The summed E-state index contributed by atoms with van der Waals surface area (Å²) in [4.78, 5) is 53.2. The van der Waals surface area contributed by atoms with E-state index in [2.05, 4.69) is 53.2 Å². The Labute approximate surface area is 228 Å². The molecule has 1 aliphatic heterocycles. The quantitative estimate of drug-likeness (QED) is 0.145. The van der Waals surface area contributed by atoms with Crippen molar-refractivity contribution >= 4 is 29.2 Å². The van der Waals surface area contributed by atoms with Crippen LogP contribution in [-0.4, -0.2) is 88.0 Å². The first kappa shape index (κ1) is 39.7. The third kappa shape index (κ3) is 20.3. The molecule has 1 rings (SSSR count). The molecule has 3 N–H and O–H groups in total. The molecule has 38 heavy (non-hydrogen) atoms. The fraction of sp³-hybridized carbons (Fsp3) is 0.731. The molecule has 1 heterocycles. The molecule has 222 valence electrons. The van der Waals surface area contributed by atoms with E-state index >= 15 is 0 Å². The second kappa shape index (κ2) is 22.2. The number of nitrogens with one attached hydrogen (secondary N) is 3. The highest BCUT2D eigenvalue weighted by Gasteiger charge is 2.48. The minimum absolute atomic E-state index is 0.0252. The zero-order chi connectivity index (χ0) is 30.5. The molecule has 0 aromatic heterocycles. The topological polar surface area (TPSA) is 157 Å². The lowest BCUT2D eigenvalue weighted by Gasteiger charge is -2.18. The van der Waals surface area contributed by atoms with Gasteiger partial charge in [-0.1, -0.05) is 46.4 Å². The molecular formula is C26H50N4O8. The van der Waals surface area contributed by atoms with Gasteiger partial charge in [-0.05, 0) is 33.6 Å². The lowest BCUT2D eigenvalue weighted by atomic mass is 10.0. The molecule has 0 saturated carbocycles. The van der Waals surface area contributed by atoms with Crippen LogP contribution in [0.2, 0.25) is 0 Å². The summed E-state index contributed by atoms with van der Waals surface area (Å²) in [7, 11) is 4.61. The van der Waals surface area contributed by atoms with Crippen LogP contribution in [0.4, 0.5) is 0 Å². The molecule has 0 aromatic rings. The van der Waals surface area contributed by atoms with Crippen molar-refractivity contribution in [2.24, 2.45) is 11.1 Å². The van der Waals surface area contributed by atoms with Crippen LogP contribution in [-0.2, 0) is 38.2 Å². The number of carbonyl (C=O) groups is 4. The lowest BCUT2D eigenvalue weighted by Crippen LogP contribution is -2.53. The Morgan fingerprint density at radius 3 is 1.89 bits per heavy atom. The number of hydrogen-bond donors (Lipinski definition) is 3. The summed E-state index contributed by atoms with van der Waals surface area (Å²) in [6.07, 6.45) is 0. The number of nitrogens with zero attached hydrogens (tertiary/aromatic N) is 1. The molecule has 0 bridgehead atoms. The van der Waals surface area contributed by atoms with Crippen molar-refractivity contribution in [2.45, 2.75) is 80.0 Å². The standard InChI is InChI=1S/C18H28N4O7.C4H10.C2H6O.C2H6/c1-10(2)29-22-12(4)16(25)21-13(8-27-6)17(26)19-7-14(23)20-11(3)15(24)18(5)9-28-18;1-4(2)3;1-3-2;1-2/h11,13H,1,7-9H2,2-6H3,(H,19,26)(H,20,23)(H,21,25);4H,1-3H3;1-2H3;1-2H3/b22-12+;;;/t11-,13-,18+;;;/m0.../s1. The third-order valence-electron chi connectivity index (χ3n) is 3.91. The van der Waals surface area contributed by atoms with Gasteiger partial charge in [0.05, 0.1) is 25.8 Å². The van der Waals surface area contributed by atoms with Gasteiger partial charge in [-0.2, -0.15) is 0 Å². The number of ether oxygens (including phenoxy) is 3. The molecule has 12 heteroatoms. The van der Waals surface area contributed by atoms with Gasteiger partial charge in [-0.25, -0.2) is 0 Å². The number of epoxide rings is 1. The summed E-state index contributed by atoms with van der Waals surface area (Å²) in [6.45, 7) is 19.9. The Balaban J connectivity index is -0.00000119. The van der Waals surface area contributed by atoms with E-state index in [4.69, 9.17) is 14.3 Å². The maximum Gasteiger partial charge on any atom is 0.269 e. The fourth-order valence-electron chi connectivity index (χ4n) is 2.16. The summed E-state index contributed by atoms with van der Waals surface area (Å²) in [5, 5.41) is 10.9. The predicted molar refractivity (Wildman–Crippen MR) is 148 cm³/mol. The monoisotopic (exact) mass is 546 g/mol. The second-order valence-electron chi connectivity index (χ2n) is 8.98. The van der Waals surface area contributed by atoms with E-state index in [1.165, 1.54) is 21.0 Å². The first-order valence-corrected chi connectivity index (χ1v) is 12.5. The largest absolute Gasteiger partial charge is 0.388 e.